The first-order chi connectivity index (χ1) is 16.8. The third-order valence-corrected chi connectivity index (χ3v) is 13.1. The van der Waals surface area contributed by atoms with E-state index in [4.69, 9.17) is 9.16 Å². The third-order valence-electron chi connectivity index (χ3n) is 8.79. The predicted molar refractivity (Wildman–Crippen MR) is 153 cm³/mol. The molecule has 1 aromatic carbocycles. The molecule has 0 fully saturated rings. The van der Waals surface area contributed by atoms with E-state index in [2.05, 4.69) is 71.6 Å². The first-order valence-corrected chi connectivity index (χ1v) is 17.1. The average Bonchev–Trinajstić information content (AvgIpc) is 3.32. The monoisotopic (exact) mass is 513 g/mol. The van der Waals surface area contributed by atoms with E-state index in [0.29, 0.717) is 0 Å². The van der Waals surface area contributed by atoms with Crippen LogP contribution >= 0.6 is 0 Å². The molecule has 3 rings (SSSR count). The lowest BCUT2D eigenvalue weighted by Gasteiger charge is -2.41. The molecule has 0 spiro atoms. The zero-order valence-corrected chi connectivity index (χ0v) is 25.6. The highest BCUT2D eigenvalue weighted by Crippen LogP contribution is 2.47. The van der Waals surface area contributed by atoms with E-state index in [1.54, 1.807) is 12.7 Å². The van der Waals surface area contributed by atoms with Gasteiger partial charge in [-0.2, -0.15) is 5.10 Å². The molecule has 1 aliphatic rings. The molecule has 0 saturated carbocycles. The van der Waals surface area contributed by atoms with E-state index in [0.717, 1.165) is 37.3 Å². The minimum absolute atomic E-state index is 0.0593. The first kappa shape index (κ1) is 28.7. The van der Waals surface area contributed by atoms with E-state index in [-0.39, 0.29) is 10.6 Å². The Morgan fingerprint density at radius 1 is 0.972 bits per heavy atom. The van der Waals surface area contributed by atoms with Gasteiger partial charge < -0.3 is 9.16 Å². The van der Waals surface area contributed by atoms with Crippen molar-refractivity contribution < 1.29 is 9.16 Å². The van der Waals surface area contributed by atoms with Gasteiger partial charge in [0.25, 0.3) is 8.32 Å². The van der Waals surface area contributed by atoms with Crippen LogP contribution in [0.5, 0.6) is 11.5 Å². The first-order valence-electron chi connectivity index (χ1n) is 14.2. The molecule has 2 heterocycles. The van der Waals surface area contributed by atoms with Gasteiger partial charge in [0.15, 0.2) is 0 Å². The second-order valence-electron chi connectivity index (χ2n) is 12.8. The Kier molecular flexibility index (Phi) is 9.34. The Morgan fingerprint density at radius 3 is 2.22 bits per heavy atom. The summed E-state index contributed by atoms with van der Waals surface area (Å²) < 4.78 is 15.6. The van der Waals surface area contributed by atoms with Crippen LogP contribution in [0.3, 0.4) is 0 Å². The van der Waals surface area contributed by atoms with Gasteiger partial charge >= 0.3 is 0 Å². The molecule has 1 aromatic heterocycles. The number of hydrogen-bond acceptors (Lipinski definition) is 4. The molecule has 0 bridgehead atoms. The number of benzene rings is 1. The molecule has 202 valence electrons. The maximum absolute atomic E-state index is 6.85. The highest BCUT2D eigenvalue weighted by molar-refractivity contribution is 6.74. The fourth-order valence-electron chi connectivity index (χ4n) is 5.02. The van der Waals surface area contributed by atoms with E-state index in [1.165, 1.54) is 67.2 Å². The van der Waals surface area contributed by atoms with Crippen molar-refractivity contribution in [1.82, 2.24) is 14.8 Å². The van der Waals surface area contributed by atoms with Crippen LogP contribution in [-0.4, -0.2) is 28.7 Å². The predicted octanol–water partition coefficient (Wildman–Crippen LogP) is 8.49. The molecule has 0 saturated heterocycles. The van der Waals surface area contributed by atoms with Crippen molar-refractivity contribution in [3.05, 3.63) is 34.9 Å². The van der Waals surface area contributed by atoms with Gasteiger partial charge in [0, 0.05) is 12.1 Å². The number of ether oxygens (including phenoxy) is 1. The van der Waals surface area contributed by atoms with Gasteiger partial charge in [0.2, 0.25) is 0 Å². The summed E-state index contributed by atoms with van der Waals surface area (Å²) in [4.78, 5) is 4.00. The molecule has 6 heteroatoms. The van der Waals surface area contributed by atoms with Crippen LogP contribution < -0.4 is 9.16 Å². The van der Waals surface area contributed by atoms with Gasteiger partial charge in [-0.15, -0.1) is 0 Å². The van der Waals surface area contributed by atoms with Crippen LogP contribution in [-0.2, 0) is 13.0 Å². The number of hydrogen-bond donors (Lipinski definition) is 0. The lowest BCUT2D eigenvalue weighted by Crippen LogP contribution is -2.44. The minimum atomic E-state index is -1.90. The van der Waals surface area contributed by atoms with Crippen molar-refractivity contribution in [2.24, 2.45) is 0 Å². The van der Waals surface area contributed by atoms with Crippen molar-refractivity contribution in [1.29, 1.82) is 0 Å². The summed E-state index contributed by atoms with van der Waals surface area (Å²) in [5.41, 5.74) is 5.13. The molecule has 0 amide bonds. The lowest BCUT2D eigenvalue weighted by molar-refractivity contribution is 0.0522. The Balaban J connectivity index is 1.50. The second kappa shape index (κ2) is 11.7. The molecule has 0 N–H and O–H groups in total. The number of unbranched alkanes of at least 4 members (excludes halogenated alkanes) is 6. The van der Waals surface area contributed by atoms with Crippen molar-refractivity contribution in [2.45, 2.75) is 143 Å². The Bertz CT molecular complexity index is 995. The molecule has 36 heavy (non-hydrogen) atoms. The maximum Gasteiger partial charge on any atom is 0.250 e. The normalized spacial score (nSPS) is 18.1. The standard InChI is InChI=1S/C30H51N3O2Si/c1-23-24(2)28-26(25(3)27(23)35-36(8,9)29(4,5)6)17-19-30(7,34-28)18-15-13-11-10-12-14-16-20-33-22-31-21-32-33/h21-22H,10-20H2,1-9H3. The highest BCUT2D eigenvalue weighted by atomic mass is 28.4. The van der Waals surface area contributed by atoms with Crippen LogP contribution in [0, 0.1) is 20.8 Å². The fraction of sp³-hybridized carbons (Fsp3) is 0.733. The summed E-state index contributed by atoms with van der Waals surface area (Å²) >= 11 is 0. The number of aryl methyl sites for hydroxylation is 1. The van der Waals surface area contributed by atoms with Crippen molar-refractivity contribution in [2.75, 3.05) is 0 Å². The molecule has 2 aromatic rings. The van der Waals surface area contributed by atoms with Gasteiger partial charge in [0.1, 0.15) is 29.8 Å². The average molecular weight is 514 g/mol. The fourth-order valence-corrected chi connectivity index (χ4v) is 6.15. The smallest absolute Gasteiger partial charge is 0.250 e. The molecule has 0 aliphatic carbocycles. The van der Waals surface area contributed by atoms with Crippen LogP contribution in [0.15, 0.2) is 12.7 Å². The summed E-state index contributed by atoms with van der Waals surface area (Å²) in [5.74, 6) is 2.25. The molecule has 0 radical (unpaired) electrons. The van der Waals surface area contributed by atoms with E-state index >= 15 is 0 Å². The quantitative estimate of drug-likeness (QED) is 0.211. The summed E-state index contributed by atoms with van der Waals surface area (Å²) in [6.45, 7) is 21.6. The zero-order valence-electron chi connectivity index (χ0n) is 24.6. The Morgan fingerprint density at radius 2 is 1.61 bits per heavy atom. The largest absolute Gasteiger partial charge is 0.543 e. The highest BCUT2D eigenvalue weighted by Gasteiger charge is 2.41. The van der Waals surface area contributed by atoms with Gasteiger partial charge in [-0.1, -0.05) is 52.9 Å². The number of rotatable bonds is 12. The molecule has 1 atom stereocenters. The number of nitrogens with zero attached hydrogens (tertiary/aromatic N) is 3. The molecule has 1 unspecified atom stereocenters. The zero-order chi connectivity index (χ0) is 26.6. The van der Waals surface area contributed by atoms with Crippen molar-refractivity contribution in [3.63, 3.8) is 0 Å². The van der Waals surface area contributed by atoms with E-state index in [9.17, 15) is 0 Å². The maximum atomic E-state index is 6.85. The van der Waals surface area contributed by atoms with Gasteiger partial charge in [-0.25, -0.2) is 4.98 Å². The summed E-state index contributed by atoms with van der Waals surface area (Å²) in [6.07, 6.45) is 15.7. The summed E-state index contributed by atoms with van der Waals surface area (Å²) in [6, 6.07) is 0. The van der Waals surface area contributed by atoms with Gasteiger partial charge in [-0.05, 0) is 94.6 Å². The Labute approximate surface area is 221 Å². The molecular weight excluding hydrogens is 462 g/mol. The van der Waals surface area contributed by atoms with Gasteiger partial charge in [-0.3, -0.25) is 4.68 Å². The SMILES string of the molecule is Cc1c(C)c2c(c(C)c1O[Si](C)(C)C(C)(C)C)CCC(C)(CCCCCCCCCn1cncn1)O2. The van der Waals surface area contributed by atoms with Crippen molar-refractivity contribution in [3.8, 4) is 11.5 Å². The molecule has 1 aliphatic heterocycles. The Hall–Kier alpha value is -1.82. The van der Waals surface area contributed by atoms with E-state index < -0.39 is 8.32 Å². The van der Waals surface area contributed by atoms with Crippen LogP contribution in [0.25, 0.3) is 0 Å². The number of fused-ring (bicyclic) bond motifs is 1. The summed E-state index contributed by atoms with van der Waals surface area (Å²) in [7, 11) is -1.90. The summed E-state index contributed by atoms with van der Waals surface area (Å²) in [5, 5.41) is 4.35. The number of aromatic nitrogens is 3. The van der Waals surface area contributed by atoms with Crippen LogP contribution in [0.1, 0.15) is 108 Å². The van der Waals surface area contributed by atoms with Crippen LogP contribution in [0.2, 0.25) is 18.1 Å². The second-order valence-corrected chi connectivity index (χ2v) is 17.5. The van der Waals surface area contributed by atoms with Crippen molar-refractivity contribution >= 4 is 8.32 Å². The molecular formula is C30H51N3O2Si. The minimum Gasteiger partial charge on any atom is -0.543 e. The third kappa shape index (κ3) is 6.93. The van der Waals surface area contributed by atoms with Crippen LogP contribution in [0.4, 0.5) is 0 Å². The van der Waals surface area contributed by atoms with E-state index in [1.807, 2.05) is 4.68 Å². The van der Waals surface area contributed by atoms with Gasteiger partial charge in [0.05, 0.1) is 0 Å². The molecule has 5 nitrogen and oxygen atoms in total. The lowest BCUT2D eigenvalue weighted by atomic mass is 9.84. The topological polar surface area (TPSA) is 49.2 Å².